The van der Waals surface area contributed by atoms with E-state index in [1.807, 2.05) is 46.0 Å². The first kappa shape index (κ1) is 37.9. The summed E-state index contributed by atoms with van der Waals surface area (Å²) >= 11 is 0. The third kappa shape index (κ3) is 11.3. The van der Waals surface area contributed by atoms with Crippen LogP contribution in [0.25, 0.3) is 22.2 Å². The lowest BCUT2D eigenvalue weighted by molar-refractivity contribution is -0.0365. The molecule has 1 saturated heterocycles. The third-order valence-electron chi connectivity index (χ3n) is 9.79. The monoisotopic (exact) mass is 724 g/mol. The maximum absolute atomic E-state index is 6.39. The molecular weight excluding hydrogens is 669 g/mol. The summed E-state index contributed by atoms with van der Waals surface area (Å²) in [6.45, 7) is 11.6. The summed E-state index contributed by atoms with van der Waals surface area (Å²) in [7, 11) is -1.36. The van der Waals surface area contributed by atoms with E-state index < -0.39 is 8.07 Å². The number of aryl methyl sites for hydroxylation is 1. The van der Waals surface area contributed by atoms with E-state index in [4.69, 9.17) is 28.8 Å². The van der Waals surface area contributed by atoms with E-state index >= 15 is 0 Å². The van der Waals surface area contributed by atoms with Gasteiger partial charge < -0.3 is 23.7 Å². The quantitative estimate of drug-likeness (QED) is 0.0551. The molecule has 0 aliphatic carbocycles. The van der Waals surface area contributed by atoms with Crippen molar-refractivity contribution < 1.29 is 23.7 Å². The van der Waals surface area contributed by atoms with Crippen LogP contribution in [0.5, 0.6) is 5.75 Å². The number of rotatable bonds is 21. The lowest BCUT2D eigenvalue weighted by Gasteiger charge is -2.23. The standard InChI is InChI=1S/C42H56N4O5Si/c1-34(20-25-47-22-12-23-48-32-36-15-8-5-9-16-36)51-38-18-19-40-39(29-38)42(44-46(40)41-17-10-11-24-50-41)37-30-43-45(31-37)33-49-26-28-52(2,3)27-21-35-13-6-4-7-14-35/h4-9,13-16,18-19,29-31,34,41H,10-12,17,20-28,32-33H2,1-3H3/t34-,41?/m1/s1. The predicted molar refractivity (Wildman–Crippen MR) is 209 cm³/mol. The molecule has 9 nitrogen and oxygen atoms in total. The highest BCUT2D eigenvalue weighted by atomic mass is 28.3. The van der Waals surface area contributed by atoms with Crippen LogP contribution in [-0.4, -0.2) is 66.8 Å². The molecule has 278 valence electrons. The summed E-state index contributed by atoms with van der Waals surface area (Å²) in [6, 6.07) is 29.7. The normalized spacial score (nSPS) is 15.6. The fourth-order valence-corrected chi connectivity index (χ4v) is 8.44. The number of nitrogens with zero attached hydrogens (tertiary/aromatic N) is 4. The van der Waals surface area contributed by atoms with Gasteiger partial charge in [-0.3, -0.25) is 0 Å². The summed E-state index contributed by atoms with van der Waals surface area (Å²) in [4.78, 5) is 0. The number of ether oxygens (including phenoxy) is 5. The summed E-state index contributed by atoms with van der Waals surface area (Å²) < 4.78 is 34.3. The number of benzene rings is 3. The Labute approximate surface area is 310 Å². The summed E-state index contributed by atoms with van der Waals surface area (Å²) in [6.07, 6.45) is 9.81. The van der Waals surface area contributed by atoms with Crippen LogP contribution < -0.4 is 4.74 Å². The molecule has 0 bridgehead atoms. The Balaban J connectivity index is 1.01. The first-order chi connectivity index (χ1) is 25.4. The predicted octanol–water partition coefficient (Wildman–Crippen LogP) is 9.31. The smallest absolute Gasteiger partial charge is 0.150 e. The summed E-state index contributed by atoms with van der Waals surface area (Å²) in [5.41, 5.74) is 5.47. The van der Waals surface area contributed by atoms with Gasteiger partial charge in [0.05, 0.1) is 31.0 Å². The number of aromatic nitrogens is 4. The lowest BCUT2D eigenvalue weighted by atomic mass is 10.1. The van der Waals surface area contributed by atoms with Crippen LogP contribution in [0, 0.1) is 0 Å². The van der Waals surface area contributed by atoms with Gasteiger partial charge in [-0.05, 0) is 74.4 Å². The molecule has 5 aromatic rings. The second-order valence-corrected chi connectivity index (χ2v) is 20.0. The Hall–Kier alpha value is -3.80. The molecule has 0 amide bonds. The van der Waals surface area contributed by atoms with Gasteiger partial charge in [-0.1, -0.05) is 79.8 Å². The molecule has 10 heteroatoms. The van der Waals surface area contributed by atoms with E-state index in [0.29, 0.717) is 33.2 Å². The second-order valence-electron chi connectivity index (χ2n) is 14.7. The zero-order valence-corrected chi connectivity index (χ0v) is 32.3. The summed E-state index contributed by atoms with van der Waals surface area (Å²) in [5.74, 6) is 0.814. The molecule has 1 unspecified atom stereocenters. The van der Waals surface area contributed by atoms with Gasteiger partial charge in [0, 0.05) is 58.1 Å². The number of fused-ring (bicyclic) bond motifs is 1. The van der Waals surface area contributed by atoms with Gasteiger partial charge in [0.15, 0.2) is 6.23 Å². The molecule has 0 N–H and O–H groups in total. The average molecular weight is 725 g/mol. The van der Waals surface area contributed by atoms with E-state index in [2.05, 4.69) is 79.7 Å². The summed E-state index contributed by atoms with van der Waals surface area (Å²) in [5, 5.41) is 10.8. The van der Waals surface area contributed by atoms with Crippen LogP contribution in [0.3, 0.4) is 0 Å². The van der Waals surface area contributed by atoms with E-state index in [1.54, 1.807) is 0 Å². The molecule has 1 aliphatic heterocycles. The SMILES string of the molecule is C[C@H](CCOCCCOCc1ccccc1)Oc1ccc2c(c1)c(-c1cnn(COCC[Si](C)(C)CCc3ccccc3)c1)nn2C1CCCCO1. The highest BCUT2D eigenvalue weighted by Crippen LogP contribution is 2.35. The molecule has 2 aromatic heterocycles. The minimum atomic E-state index is -1.36. The largest absolute Gasteiger partial charge is 0.491 e. The molecule has 0 saturated carbocycles. The average Bonchev–Trinajstić information content (AvgIpc) is 3.79. The van der Waals surface area contributed by atoms with Gasteiger partial charge in [0.2, 0.25) is 0 Å². The molecule has 0 spiro atoms. The van der Waals surface area contributed by atoms with Crippen molar-refractivity contribution in [1.29, 1.82) is 0 Å². The van der Waals surface area contributed by atoms with Gasteiger partial charge in [-0.15, -0.1) is 0 Å². The molecule has 52 heavy (non-hydrogen) atoms. The Bertz CT molecular complexity index is 1770. The van der Waals surface area contributed by atoms with Crippen molar-refractivity contribution in [3.05, 3.63) is 102 Å². The number of hydrogen-bond donors (Lipinski definition) is 0. The van der Waals surface area contributed by atoms with E-state index in [9.17, 15) is 0 Å². The Morgan fingerprint density at radius 1 is 0.865 bits per heavy atom. The minimum Gasteiger partial charge on any atom is -0.491 e. The molecule has 2 atom stereocenters. The maximum atomic E-state index is 6.39. The van der Waals surface area contributed by atoms with Crippen LogP contribution in [0.4, 0.5) is 0 Å². The second kappa shape index (κ2) is 19.3. The van der Waals surface area contributed by atoms with Crippen molar-refractivity contribution in [2.45, 2.75) is 96.3 Å². The van der Waals surface area contributed by atoms with Gasteiger partial charge in [0.25, 0.3) is 0 Å². The van der Waals surface area contributed by atoms with Crippen LogP contribution in [-0.2, 0) is 38.7 Å². The third-order valence-corrected chi connectivity index (χ3v) is 12.9. The zero-order valence-electron chi connectivity index (χ0n) is 31.3. The van der Waals surface area contributed by atoms with Crippen molar-refractivity contribution in [2.24, 2.45) is 0 Å². The van der Waals surface area contributed by atoms with Gasteiger partial charge in [-0.25, -0.2) is 9.36 Å². The first-order valence-electron chi connectivity index (χ1n) is 19.1. The number of hydrogen-bond acceptors (Lipinski definition) is 7. The van der Waals surface area contributed by atoms with Gasteiger partial charge in [0.1, 0.15) is 18.2 Å². The first-order valence-corrected chi connectivity index (χ1v) is 22.5. The molecule has 0 radical (unpaired) electrons. The maximum Gasteiger partial charge on any atom is 0.150 e. The van der Waals surface area contributed by atoms with E-state index in [1.165, 1.54) is 17.2 Å². The molecular formula is C42H56N4O5Si. The van der Waals surface area contributed by atoms with Crippen molar-refractivity contribution >= 4 is 19.0 Å². The van der Waals surface area contributed by atoms with Crippen LogP contribution in [0.1, 0.15) is 56.4 Å². The zero-order chi connectivity index (χ0) is 36.0. The van der Waals surface area contributed by atoms with Crippen LogP contribution in [0.15, 0.2) is 91.3 Å². The molecule has 1 aliphatic rings. The van der Waals surface area contributed by atoms with E-state index in [-0.39, 0.29) is 12.3 Å². The minimum absolute atomic E-state index is 0.00164. The Morgan fingerprint density at radius 3 is 2.44 bits per heavy atom. The fraction of sp³-hybridized carbons (Fsp3) is 0.476. The Morgan fingerprint density at radius 2 is 1.65 bits per heavy atom. The van der Waals surface area contributed by atoms with Crippen molar-refractivity contribution in [1.82, 2.24) is 19.6 Å². The van der Waals surface area contributed by atoms with Crippen LogP contribution in [0.2, 0.25) is 25.2 Å². The highest BCUT2D eigenvalue weighted by molar-refractivity contribution is 6.77. The molecule has 3 aromatic carbocycles. The van der Waals surface area contributed by atoms with Crippen molar-refractivity contribution in [3.8, 4) is 17.0 Å². The van der Waals surface area contributed by atoms with Crippen molar-refractivity contribution in [2.75, 3.05) is 33.0 Å². The Kier molecular flexibility index (Phi) is 14.1. The molecule has 6 rings (SSSR count). The van der Waals surface area contributed by atoms with Crippen molar-refractivity contribution in [3.63, 3.8) is 0 Å². The molecule has 3 heterocycles. The highest BCUT2D eigenvalue weighted by Gasteiger charge is 2.23. The van der Waals surface area contributed by atoms with E-state index in [0.717, 1.165) is 85.7 Å². The van der Waals surface area contributed by atoms with Crippen LogP contribution >= 0.6 is 0 Å². The van der Waals surface area contributed by atoms with Gasteiger partial charge in [-0.2, -0.15) is 10.2 Å². The van der Waals surface area contributed by atoms with Gasteiger partial charge >= 0.3 is 0 Å². The molecule has 1 fully saturated rings. The fourth-order valence-electron chi connectivity index (χ4n) is 6.53. The topological polar surface area (TPSA) is 81.8 Å². The lowest BCUT2D eigenvalue weighted by Crippen LogP contribution is -2.27.